The van der Waals surface area contributed by atoms with Crippen LogP contribution in [0.2, 0.25) is 0 Å². The number of benzene rings is 2. The normalized spacial score (nSPS) is 10.5. The molecule has 0 fully saturated rings. The van der Waals surface area contributed by atoms with Gasteiger partial charge in [0.25, 0.3) is 0 Å². The maximum atomic E-state index is 12.2. The van der Waals surface area contributed by atoms with Crippen molar-refractivity contribution in [2.24, 2.45) is 0 Å². The van der Waals surface area contributed by atoms with Crippen LogP contribution in [0, 0.1) is 6.92 Å². The number of ether oxygens (including phenoxy) is 1. The Kier molecular flexibility index (Phi) is 5.96. The molecule has 6 heteroatoms. The van der Waals surface area contributed by atoms with Crippen molar-refractivity contribution in [3.63, 3.8) is 0 Å². The monoisotopic (exact) mass is 367 g/mol. The van der Waals surface area contributed by atoms with Crippen molar-refractivity contribution in [2.75, 3.05) is 12.9 Å². The molecular weight excluding hydrogens is 346 g/mol. The third-order valence-corrected chi connectivity index (χ3v) is 4.99. The van der Waals surface area contributed by atoms with Crippen LogP contribution in [0.15, 0.2) is 65.8 Å². The van der Waals surface area contributed by atoms with E-state index >= 15 is 0 Å². The second kappa shape index (κ2) is 8.58. The molecular formula is C20H21N3O2S. The average Bonchev–Trinajstić information content (AvgIpc) is 3.11. The zero-order valence-corrected chi connectivity index (χ0v) is 15.6. The molecule has 0 spiro atoms. The van der Waals surface area contributed by atoms with Crippen LogP contribution >= 0.6 is 11.8 Å². The van der Waals surface area contributed by atoms with E-state index in [1.165, 1.54) is 11.8 Å². The molecule has 0 unspecified atom stereocenters. The van der Waals surface area contributed by atoms with Gasteiger partial charge in [-0.15, -0.1) is 11.8 Å². The van der Waals surface area contributed by atoms with Gasteiger partial charge in [0.15, 0.2) is 0 Å². The Balaban J connectivity index is 1.57. The van der Waals surface area contributed by atoms with Crippen molar-refractivity contribution in [3.05, 3.63) is 72.3 Å². The lowest BCUT2D eigenvalue weighted by atomic mass is 10.1. The first-order chi connectivity index (χ1) is 12.7. The third kappa shape index (κ3) is 4.46. The second-order valence-corrected chi connectivity index (χ2v) is 6.76. The van der Waals surface area contributed by atoms with Gasteiger partial charge in [0.05, 0.1) is 18.6 Å². The Hall–Kier alpha value is -2.73. The molecule has 0 aliphatic carbocycles. The number of nitrogens with zero attached hydrogens (tertiary/aromatic N) is 2. The Labute approximate surface area is 157 Å². The highest BCUT2D eigenvalue weighted by Crippen LogP contribution is 2.21. The lowest BCUT2D eigenvalue weighted by Crippen LogP contribution is -2.25. The fourth-order valence-corrected chi connectivity index (χ4v) is 3.32. The number of methoxy groups -OCH3 is 1. The number of amides is 1. The topological polar surface area (TPSA) is 56.1 Å². The van der Waals surface area contributed by atoms with E-state index in [1.54, 1.807) is 13.3 Å². The lowest BCUT2D eigenvalue weighted by molar-refractivity contribution is -0.118. The van der Waals surface area contributed by atoms with Gasteiger partial charge in [0.2, 0.25) is 5.91 Å². The molecule has 1 N–H and O–H groups in total. The number of aryl methyl sites for hydroxylation is 1. The molecule has 1 heterocycles. The molecule has 0 saturated carbocycles. The van der Waals surface area contributed by atoms with Crippen LogP contribution in [0.1, 0.15) is 11.4 Å². The van der Waals surface area contributed by atoms with Crippen LogP contribution in [-0.2, 0) is 11.3 Å². The average molecular weight is 367 g/mol. The number of carbonyl (C=O) groups excluding carboxylic acids is 1. The van der Waals surface area contributed by atoms with E-state index in [9.17, 15) is 4.79 Å². The van der Waals surface area contributed by atoms with Crippen LogP contribution in [0.25, 0.3) is 5.69 Å². The highest BCUT2D eigenvalue weighted by Gasteiger charge is 2.08. The first-order valence-corrected chi connectivity index (χ1v) is 9.27. The van der Waals surface area contributed by atoms with Crippen molar-refractivity contribution < 1.29 is 9.53 Å². The molecule has 26 heavy (non-hydrogen) atoms. The maximum absolute atomic E-state index is 12.2. The van der Waals surface area contributed by atoms with Gasteiger partial charge < -0.3 is 14.6 Å². The summed E-state index contributed by atoms with van der Waals surface area (Å²) < 4.78 is 7.16. The highest BCUT2D eigenvalue weighted by atomic mass is 32.2. The molecule has 3 rings (SSSR count). The van der Waals surface area contributed by atoms with Crippen LogP contribution in [0.3, 0.4) is 0 Å². The van der Waals surface area contributed by atoms with Crippen molar-refractivity contribution in [3.8, 4) is 11.4 Å². The molecule has 3 aromatic rings. The van der Waals surface area contributed by atoms with E-state index < -0.39 is 0 Å². The molecule has 1 amide bonds. The predicted molar refractivity (Wildman–Crippen MR) is 104 cm³/mol. The van der Waals surface area contributed by atoms with Crippen LogP contribution in [0.4, 0.5) is 0 Å². The Morgan fingerprint density at radius 1 is 1.19 bits per heavy atom. The molecule has 5 nitrogen and oxygen atoms in total. The Morgan fingerprint density at radius 2 is 1.96 bits per heavy atom. The summed E-state index contributed by atoms with van der Waals surface area (Å²) in [5.74, 6) is 2.10. The smallest absolute Gasteiger partial charge is 0.230 e. The summed E-state index contributed by atoms with van der Waals surface area (Å²) in [6.45, 7) is 2.44. The highest BCUT2D eigenvalue weighted by molar-refractivity contribution is 8.00. The van der Waals surface area contributed by atoms with Crippen molar-refractivity contribution in [1.29, 1.82) is 0 Å². The van der Waals surface area contributed by atoms with Crippen molar-refractivity contribution >= 4 is 17.7 Å². The maximum Gasteiger partial charge on any atom is 0.230 e. The Morgan fingerprint density at radius 3 is 2.65 bits per heavy atom. The summed E-state index contributed by atoms with van der Waals surface area (Å²) in [6.07, 6.45) is 3.70. The number of carbonyl (C=O) groups is 1. The quantitative estimate of drug-likeness (QED) is 0.648. The van der Waals surface area contributed by atoms with E-state index in [2.05, 4.69) is 10.3 Å². The summed E-state index contributed by atoms with van der Waals surface area (Å²) in [7, 11) is 1.64. The van der Waals surface area contributed by atoms with Crippen LogP contribution < -0.4 is 10.1 Å². The summed E-state index contributed by atoms with van der Waals surface area (Å²) in [5, 5.41) is 3.00. The van der Waals surface area contributed by atoms with Gasteiger partial charge >= 0.3 is 0 Å². The summed E-state index contributed by atoms with van der Waals surface area (Å²) in [5.41, 5.74) is 2.09. The molecule has 2 aromatic carbocycles. The predicted octanol–water partition coefficient (Wildman–Crippen LogP) is 3.60. The minimum atomic E-state index is 0.00275. The van der Waals surface area contributed by atoms with Crippen LogP contribution in [0.5, 0.6) is 5.75 Å². The van der Waals surface area contributed by atoms with Crippen molar-refractivity contribution in [1.82, 2.24) is 14.9 Å². The standard InChI is InChI=1S/C20H21N3O2S/c1-15-21-11-12-23(15)19-6-4-3-5-16(19)13-22-20(24)14-26-18-9-7-17(25-2)8-10-18/h3-12H,13-14H2,1-2H3,(H,22,24). The van der Waals surface area contributed by atoms with Crippen molar-refractivity contribution in [2.45, 2.75) is 18.4 Å². The number of aromatic nitrogens is 2. The summed E-state index contributed by atoms with van der Waals surface area (Å²) in [4.78, 5) is 17.5. The number of hydrogen-bond donors (Lipinski definition) is 1. The number of imidazole rings is 1. The molecule has 0 radical (unpaired) electrons. The SMILES string of the molecule is COc1ccc(SCC(=O)NCc2ccccc2-n2ccnc2C)cc1. The summed E-state index contributed by atoms with van der Waals surface area (Å²) in [6, 6.07) is 15.7. The number of nitrogens with one attached hydrogen (secondary N) is 1. The minimum absolute atomic E-state index is 0.00275. The fraction of sp³-hybridized carbons (Fsp3) is 0.200. The van der Waals surface area contributed by atoms with Crippen LogP contribution in [-0.4, -0.2) is 28.3 Å². The molecule has 0 bridgehead atoms. The fourth-order valence-electron chi connectivity index (χ4n) is 2.59. The molecule has 0 aliphatic heterocycles. The van der Waals surface area contributed by atoms with E-state index in [1.807, 2.05) is 66.2 Å². The van der Waals surface area contributed by atoms with Gasteiger partial charge in [0, 0.05) is 23.8 Å². The van der Waals surface area contributed by atoms with Gasteiger partial charge in [0.1, 0.15) is 11.6 Å². The number of para-hydroxylation sites is 1. The molecule has 0 aliphatic rings. The zero-order valence-electron chi connectivity index (χ0n) is 14.8. The minimum Gasteiger partial charge on any atom is -0.497 e. The van der Waals surface area contributed by atoms with Gasteiger partial charge in [-0.3, -0.25) is 4.79 Å². The zero-order chi connectivity index (χ0) is 18.4. The molecule has 0 saturated heterocycles. The van der Waals surface area contributed by atoms with Gasteiger partial charge in [-0.05, 0) is 42.8 Å². The largest absolute Gasteiger partial charge is 0.497 e. The first kappa shape index (κ1) is 18.1. The summed E-state index contributed by atoms with van der Waals surface area (Å²) >= 11 is 1.50. The number of hydrogen-bond acceptors (Lipinski definition) is 4. The number of rotatable bonds is 7. The van der Waals surface area contributed by atoms with E-state index in [0.29, 0.717) is 12.3 Å². The third-order valence-electron chi connectivity index (χ3n) is 3.98. The molecule has 0 atom stereocenters. The van der Waals surface area contributed by atoms with E-state index in [0.717, 1.165) is 27.7 Å². The van der Waals surface area contributed by atoms with Gasteiger partial charge in [-0.1, -0.05) is 18.2 Å². The van der Waals surface area contributed by atoms with E-state index in [-0.39, 0.29) is 5.91 Å². The molecule has 1 aromatic heterocycles. The Bertz CT molecular complexity index is 875. The van der Waals surface area contributed by atoms with Gasteiger partial charge in [-0.25, -0.2) is 4.98 Å². The molecule has 134 valence electrons. The lowest BCUT2D eigenvalue weighted by Gasteiger charge is -2.12. The second-order valence-electron chi connectivity index (χ2n) is 5.71. The number of thioether (sulfide) groups is 1. The van der Waals surface area contributed by atoms with Gasteiger partial charge in [-0.2, -0.15) is 0 Å². The first-order valence-electron chi connectivity index (χ1n) is 8.29. The van der Waals surface area contributed by atoms with E-state index in [4.69, 9.17) is 4.74 Å².